The zero-order valence-electron chi connectivity index (χ0n) is 14.5. The Morgan fingerprint density at radius 2 is 2.00 bits per heavy atom. The van der Waals surface area contributed by atoms with Crippen LogP contribution in [0.1, 0.15) is 6.92 Å². The summed E-state index contributed by atoms with van der Waals surface area (Å²) in [6.07, 6.45) is -0.859. The minimum atomic E-state index is -1.43. The van der Waals surface area contributed by atoms with Crippen molar-refractivity contribution in [1.82, 2.24) is 9.80 Å². The van der Waals surface area contributed by atoms with E-state index in [1.807, 2.05) is 0 Å². The predicted octanol–water partition coefficient (Wildman–Crippen LogP) is -4.83. The maximum absolute atomic E-state index is 12.1. The quantitative estimate of drug-likeness (QED) is 0.196. The van der Waals surface area contributed by atoms with E-state index in [-0.39, 0.29) is 67.3 Å². The van der Waals surface area contributed by atoms with Crippen LogP contribution in [0.4, 0.5) is 0 Å². The number of thiocarbonyl (C=S) groups is 1. The summed E-state index contributed by atoms with van der Waals surface area (Å²) in [5.41, 5.74) is -0.164. The normalized spacial score (nSPS) is 22.5. The molecule has 0 aliphatic carbocycles. The number of amides is 1. The Labute approximate surface area is 187 Å². The summed E-state index contributed by atoms with van der Waals surface area (Å²) in [6, 6.07) is 0. The molecule has 140 valence electrons. The Bertz CT molecular complexity index is 597. The number of hydrogen-bond donors (Lipinski definition) is 3. The van der Waals surface area contributed by atoms with Crippen molar-refractivity contribution in [2.24, 2.45) is 5.92 Å². The number of carboxylic acids is 1. The molecular formula is C14H19N2NaO6S3. The molecule has 12 heteroatoms. The molecule has 2 rings (SSSR count). The van der Waals surface area contributed by atoms with Gasteiger partial charge in [0.15, 0.2) is 0 Å². The van der Waals surface area contributed by atoms with Crippen molar-refractivity contribution in [3.63, 3.8) is 0 Å². The molecule has 1 amide bonds. The molecule has 2 aliphatic rings. The third-order valence-electron chi connectivity index (χ3n) is 3.89. The van der Waals surface area contributed by atoms with E-state index in [0.717, 1.165) is 4.90 Å². The molecule has 0 saturated carbocycles. The largest absolute Gasteiger partial charge is 1.00 e. The molecule has 0 spiro atoms. The fourth-order valence-corrected chi connectivity index (χ4v) is 5.65. The Balaban J connectivity index is 0.00000338. The van der Waals surface area contributed by atoms with Gasteiger partial charge in [0, 0.05) is 23.7 Å². The van der Waals surface area contributed by atoms with Crippen LogP contribution in [-0.2, 0) is 9.59 Å². The van der Waals surface area contributed by atoms with Crippen LogP contribution in [-0.4, -0.2) is 84.9 Å². The van der Waals surface area contributed by atoms with Crippen molar-refractivity contribution in [2.75, 3.05) is 32.1 Å². The van der Waals surface area contributed by atoms with E-state index >= 15 is 0 Å². The maximum Gasteiger partial charge on any atom is 1.00 e. The summed E-state index contributed by atoms with van der Waals surface area (Å²) in [4.78, 5) is 26.8. The first-order chi connectivity index (χ1) is 11.8. The molecule has 3 N–H and O–H groups in total. The number of aliphatic carboxylic acids is 1. The predicted molar refractivity (Wildman–Crippen MR) is 96.2 cm³/mol. The zero-order chi connectivity index (χ0) is 18.7. The molecule has 0 aromatic rings. The molecule has 2 aliphatic heterocycles. The topological polar surface area (TPSA) is 124 Å². The number of rotatable bonds is 8. The van der Waals surface area contributed by atoms with Gasteiger partial charge in [-0.15, -0.1) is 11.8 Å². The van der Waals surface area contributed by atoms with Crippen LogP contribution in [0.5, 0.6) is 0 Å². The number of thioether (sulfide) groups is 2. The molecule has 0 aromatic heterocycles. The fraction of sp³-hybridized carbons (Fsp3) is 0.643. The zero-order valence-corrected chi connectivity index (χ0v) is 18.9. The number of carbonyl (C=O) groups is 2. The molecule has 3 atom stereocenters. The summed E-state index contributed by atoms with van der Waals surface area (Å²) in [7, 11) is 0. The SMILES string of the molecule is C[C@@H](O)[C@H]1C(=O)N2C(C(=O)[O-])=C(CSC(=S)N(CCO)CCO)S[C@H]12.[Na+]. The van der Waals surface area contributed by atoms with Gasteiger partial charge >= 0.3 is 29.6 Å². The molecule has 0 radical (unpaired) electrons. The van der Waals surface area contributed by atoms with Crippen LogP contribution in [0, 0.1) is 5.92 Å². The van der Waals surface area contributed by atoms with Crippen LogP contribution in [0.15, 0.2) is 10.6 Å². The minimum absolute atomic E-state index is 0. The number of nitrogens with zero attached hydrogens (tertiary/aromatic N) is 2. The molecule has 26 heavy (non-hydrogen) atoms. The number of β-lactam (4-membered cyclic amide) rings is 1. The van der Waals surface area contributed by atoms with Crippen LogP contribution >= 0.6 is 35.7 Å². The Hall–Kier alpha value is 0.150. The van der Waals surface area contributed by atoms with Gasteiger partial charge in [0.05, 0.1) is 36.9 Å². The monoisotopic (exact) mass is 430 g/mol. The number of fused-ring (bicyclic) bond motifs is 1. The van der Waals surface area contributed by atoms with Gasteiger partial charge in [-0.2, -0.15) is 0 Å². The van der Waals surface area contributed by atoms with E-state index in [1.165, 1.54) is 30.4 Å². The van der Waals surface area contributed by atoms with E-state index in [2.05, 4.69) is 0 Å². The number of aliphatic hydroxyl groups is 3. The third-order valence-corrected chi connectivity index (χ3v) is 6.99. The number of carboxylic acid groups (broad SMARTS) is 1. The van der Waals surface area contributed by atoms with Crippen molar-refractivity contribution in [3.05, 3.63) is 10.6 Å². The Morgan fingerprint density at radius 3 is 2.46 bits per heavy atom. The van der Waals surface area contributed by atoms with Gasteiger partial charge in [0.25, 0.3) is 0 Å². The fourth-order valence-electron chi connectivity index (χ4n) is 2.70. The molecule has 1 saturated heterocycles. The number of aliphatic hydroxyl groups excluding tert-OH is 3. The summed E-state index contributed by atoms with van der Waals surface area (Å²) in [5.74, 6) is -2.26. The van der Waals surface area contributed by atoms with E-state index in [9.17, 15) is 19.8 Å². The molecular weight excluding hydrogens is 411 g/mol. The first-order valence-corrected chi connectivity index (χ1v) is 9.86. The second kappa shape index (κ2) is 10.6. The van der Waals surface area contributed by atoms with Crippen LogP contribution in [0.2, 0.25) is 0 Å². The molecule has 1 fully saturated rings. The van der Waals surface area contributed by atoms with E-state index in [4.69, 9.17) is 22.4 Å². The van der Waals surface area contributed by atoms with Crippen LogP contribution in [0.3, 0.4) is 0 Å². The van der Waals surface area contributed by atoms with Crippen LogP contribution < -0.4 is 34.7 Å². The van der Waals surface area contributed by atoms with Gasteiger partial charge in [-0.25, -0.2) is 0 Å². The summed E-state index contributed by atoms with van der Waals surface area (Å²) in [5, 5.41) is 38.8. The molecule has 0 unspecified atom stereocenters. The van der Waals surface area contributed by atoms with Crippen molar-refractivity contribution < 1.29 is 59.6 Å². The first-order valence-electron chi connectivity index (χ1n) is 7.59. The third kappa shape index (κ3) is 4.95. The Morgan fingerprint density at radius 1 is 1.42 bits per heavy atom. The average molecular weight is 431 g/mol. The van der Waals surface area contributed by atoms with E-state index in [0.29, 0.717) is 9.23 Å². The summed E-state index contributed by atoms with van der Waals surface area (Å²) in [6.45, 7) is 1.79. The molecule has 2 heterocycles. The van der Waals surface area contributed by atoms with Crippen molar-refractivity contribution in [3.8, 4) is 0 Å². The van der Waals surface area contributed by atoms with Gasteiger partial charge in [0.1, 0.15) is 9.69 Å². The van der Waals surface area contributed by atoms with Gasteiger partial charge in [-0.1, -0.05) is 24.0 Å². The molecule has 0 bridgehead atoms. The van der Waals surface area contributed by atoms with Crippen LogP contribution in [0.25, 0.3) is 0 Å². The van der Waals surface area contributed by atoms with Crippen molar-refractivity contribution >= 4 is 51.9 Å². The van der Waals surface area contributed by atoms with Gasteiger partial charge in [-0.3, -0.25) is 9.69 Å². The molecule has 0 aromatic carbocycles. The van der Waals surface area contributed by atoms with E-state index < -0.39 is 29.3 Å². The van der Waals surface area contributed by atoms with Crippen molar-refractivity contribution in [2.45, 2.75) is 18.4 Å². The Kier molecular flexibility index (Phi) is 9.89. The standard InChI is InChI=1S/C14H20N2O6S3.Na/c1-7(19)9-11(20)16-10(13(21)22)8(25-12(9)16)6-24-14(23)15(2-4-17)3-5-18;/h7,9,12,17-19H,2-6H2,1H3,(H,21,22);/q;+1/p-1/t7-,9+,12-;/m1./s1. The second-order valence-corrected chi connectivity index (χ2v) is 8.35. The molecule has 8 nitrogen and oxygen atoms in total. The summed E-state index contributed by atoms with van der Waals surface area (Å²) < 4.78 is 0.418. The number of carbonyl (C=O) groups excluding carboxylic acids is 2. The van der Waals surface area contributed by atoms with Crippen molar-refractivity contribution in [1.29, 1.82) is 0 Å². The average Bonchev–Trinajstić information content (AvgIpc) is 2.86. The first kappa shape index (κ1) is 24.2. The van der Waals surface area contributed by atoms with Gasteiger partial charge in [0.2, 0.25) is 5.91 Å². The number of hydrogen-bond acceptors (Lipinski definition) is 9. The van der Waals surface area contributed by atoms with Gasteiger partial charge in [-0.05, 0) is 6.92 Å². The summed E-state index contributed by atoms with van der Waals surface area (Å²) >= 11 is 7.67. The minimum Gasteiger partial charge on any atom is -0.543 e. The van der Waals surface area contributed by atoms with E-state index in [1.54, 1.807) is 4.90 Å². The van der Waals surface area contributed by atoms with Gasteiger partial charge < -0.3 is 30.1 Å². The smallest absolute Gasteiger partial charge is 0.543 e. The second-order valence-electron chi connectivity index (χ2n) is 5.53. The maximum atomic E-state index is 12.1.